The van der Waals surface area contributed by atoms with Crippen molar-refractivity contribution in [3.8, 4) is 5.75 Å². The van der Waals surface area contributed by atoms with Gasteiger partial charge in [-0.3, -0.25) is 0 Å². The predicted molar refractivity (Wildman–Crippen MR) is 130 cm³/mol. The molecule has 2 aliphatic carbocycles. The van der Waals surface area contributed by atoms with Crippen molar-refractivity contribution < 1.29 is 9.13 Å². The molecule has 2 saturated carbocycles. The molecule has 0 aromatic heterocycles. The summed E-state index contributed by atoms with van der Waals surface area (Å²) in [5, 5.41) is 0. The number of rotatable bonds is 5. The molecule has 0 heterocycles. The maximum atomic E-state index is 15.6. The average Bonchev–Trinajstić information content (AvgIpc) is 3.39. The molecule has 0 spiro atoms. The number of benzene rings is 3. The molecule has 2 bridgehead atoms. The monoisotopic (exact) mass is 447 g/mol. The molecule has 0 N–H and O–H groups in total. The van der Waals surface area contributed by atoms with Crippen LogP contribution in [0.4, 0.5) is 4.39 Å². The van der Waals surface area contributed by atoms with Gasteiger partial charge in [-0.05, 0) is 73.9 Å². The number of hydrogen-bond acceptors (Lipinski definition) is 1. The Morgan fingerprint density at radius 3 is 1.94 bits per heavy atom. The third-order valence-electron chi connectivity index (χ3n) is 7.45. The fourth-order valence-electron chi connectivity index (χ4n) is 5.88. The van der Waals surface area contributed by atoms with Crippen LogP contribution in [-0.2, 0) is 10.9 Å². The lowest BCUT2D eigenvalue weighted by molar-refractivity contribution is -0.0785. The van der Waals surface area contributed by atoms with Crippen molar-refractivity contribution in [1.29, 1.82) is 0 Å². The van der Waals surface area contributed by atoms with E-state index in [1.54, 1.807) is 6.07 Å². The maximum absolute atomic E-state index is 15.6. The van der Waals surface area contributed by atoms with Gasteiger partial charge in [0.15, 0.2) is 26.3 Å². The van der Waals surface area contributed by atoms with Gasteiger partial charge in [-0.1, -0.05) is 57.2 Å². The molecule has 3 heteroatoms. The first-order valence-electron chi connectivity index (χ1n) is 11.7. The standard InChI is InChI=1S/C29H32FOS/c1-28(2,3)29(20-21-14-15-22(29)18-21)31-27-17-16-25(19-26(27)30)32(23-10-6-4-7-11-23)24-12-8-5-9-13-24/h4-13,16-17,19,21-22H,14-15,18,20H2,1-3H3/q+1. The van der Waals surface area contributed by atoms with Gasteiger partial charge in [-0.25, -0.2) is 4.39 Å². The molecule has 0 aliphatic heterocycles. The van der Waals surface area contributed by atoms with E-state index in [0.29, 0.717) is 11.7 Å². The predicted octanol–water partition coefficient (Wildman–Crippen LogP) is 7.90. The van der Waals surface area contributed by atoms with Gasteiger partial charge in [-0.2, -0.15) is 0 Å². The Morgan fingerprint density at radius 2 is 1.47 bits per heavy atom. The normalized spacial score (nSPS) is 24.8. The first-order chi connectivity index (χ1) is 15.4. The first-order valence-corrected chi connectivity index (χ1v) is 12.9. The molecule has 32 heavy (non-hydrogen) atoms. The van der Waals surface area contributed by atoms with E-state index in [-0.39, 0.29) is 27.7 Å². The van der Waals surface area contributed by atoms with Gasteiger partial charge >= 0.3 is 0 Å². The molecule has 0 amide bonds. The van der Waals surface area contributed by atoms with E-state index >= 15 is 4.39 Å². The van der Waals surface area contributed by atoms with E-state index in [0.717, 1.165) is 17.2 Å². The van der Waals surface area contributed by atoms with Crippen molar-refractivity contribution >= 4 is 10.9 Å². The molecular formula is C29H32FOS+. The lowest BCUT2D eigenvalue weighted by atomic mass is 9.67. The van der Waals surface area contributed by atoms with Gasteiger partial charge < -0.3 is 4.74 Å². The third kappa shape index (κ3) is 3.75. The Hall–Kier alpha value is -2.26. The molecule has 166 valence electrons. The number of fused-ring (bicyclic) bond motifs is 2. The van der Waals surface area contributed by atoms with Crippen LogP contribution in [-0.4, -0.2) is 5.60 Å². The molecule has 3 aromatic carbocycles. The number of halogens is 1. The van der Waals surface area contributed by atoms with E-state index < -0.39 is 0 Å². The van der Waals surface area contributed by atoms with Crippen LogP contribution < -0.4 is 4.74 Å². The van der Waals surface area contributed by atoms with Crippen LogP contribution in [0.2, 0.25) is 0 Å². The Morgan fingerprint density at radius 1 is 0.844 bits per heavy atom. The van der Waals surface area contributed by atoms with Crippen molar-refractivity contribution in [2.75, 3.05) is 0 Å². The van der Waals surface area contributed by atoms with E-state index in [4.69, 9.17) is 4.74 Å². The minimum atomic E-state index is -0.362. The van der Waals surface area contributed by atoms with E-state index in [1.165, 1.54) is 29.1 Å². The summed E-state index contributed by atoms with van der Waals surface area (Å²) in [5.74, 6) is 1.40. The maximum Gasteiger partial charge on any atom is 0.170 e. The van der Waals surface area contributed by atoms with Crippen molar-refractivity contribution in [3.05, 3.63) is 84.7 Å². The van der Waals surface area contributed by atoms with Crippen LogP contribution in [0, 0.1) is 23.1 Å². The van der Waals surface area contributed by atoms with Crippen LogP contribution in [0.5, 0.6) is 5.75 Å². The second-order valence-electron chi connectivity index (χ2n) is 10.3. The Kier molecular flexibility index (Phi) is 5.57. The van der Waals surface area contributed by atoms with Crippen LogP contribution in [0.25, 0.3) is 0 Å². The fourth-order valence-corrected chi connectivity index (χ4v) is 7.99. The quantitative estimate of drug-likeness (QED) is 0.361. The largest absolute Gasteiger partial charge is 0.483 e. The van der Waals surface area contributed by atoms with Crippen molar-refractivity contribution in [3.63, 3.8) is 0 Å². The zero-order valence-electron chi connectivity index (χ0n) is 19.2. The Balaban J connectivity index is 1.51. The van der Waals surface area contributed by atoms with Gasteiger partial charge in [0, 0.05) is 11.5 Å². The summed E-state index contributed by atoms with van der Waals surface area (Å²) in [7, 11) is -0.362. The highest BCUT2D eigenvalue weighted by atomic mass is 32.2. The van der Waals surface area contributed by atoms with Crippen LogP contribution >= 0.6 is 0 Å². The first kappa shape index (κ1) is 21.6. The van der Waals surface area contributed by atoms with Gasteiger partial charge in [0.2, 0.25) is 0 Å². The smallest absolute Gasteiger partial charge is 0.170 e. The summed E-state index contributed by atoms with van der Waals surface area (Å²) in [6.07, 6.45) is 4.76. The van der Waals surface area contributed by atoms with Gasteiger partial charge in [0.1, 0.15) is 5.60 Å². The van der Waals surface area contributed by atoms with Crippen LogP contribution in [0.15, 0.2) is 93.5 Å². The van der Waals surface area contributed by atoms with Crippen LogP contribution in [0.3, 0.4) is 0 Å². The minimum absolute atomic E-state index is 0.0314. The SMILES string of the molecule is CC(C)(C)C1(Oc2ccc([S+](c3ccccc3)c3ccccc3)cc2F)CC2CCC1C2. The molecular weight excluding hydrogens is 415 g/mol. The lowest BCUT2D eigenvalue weighted by Gasteiger charge is -2.47. The zero-order chi connectivity index (χ0) is 22.3. The summed E-state index contributed by atoms with van der Waals surface area (Å²) in [6.45, 7) is 6.76. The Bertz CT molecular complexity index is 1040. The van der Waals surface area contributed by atoms with Crippen molar-refractivity contribution in [1.82, 2.24) is 0 Å². The molecule has 5 rings (SSSR count). The second kappa shape index (κ2) is 8.26. The zero-order valence-corrected chi connectivity index (χ0v) is 20.0. The summed E-state index contributed by atoms with van der Waals surface area (Å²) in [4.78, 5) is 3.35. The van der Waals surface area contributed by atoms with E-state index in [2.05, 4.69) is 51.1 Å². The highest BCUT2D eigenvalue weighted by Gasteiger charge is 2.59. The molecule has 1 nitrogen and oxygen atoms in total. The summed E-state index contributed by atoms with van der Waals surface area (Å²) in [5.41, 5.74) is -0.310. The van der Waals surface area contributed by atoms with Gasteiger partial charge in [0.05, 0.1) is 10.9 Å². The van der Waals surface area contributed by atoms with Crippen molar-refractivity contribution in [2.45, 2.75) is 66.7 Å². The van der Waals surface area contributed by atoms with E-state index in [1.807, 2.05) is 42.5 Å². The summed E-state index contributed by atoms with van der Waals surface area (Å²) < 4.78 is 22.2. The van der Waals surface area contributed by atoms with Crippen molar-refractivity contribution in [2.24, 2.45) is 17.3 Å². The minimum Gasteiger partial charge on any atom is -0.483 e. The summed E-state index contributed by atoms with van der Waals surface area (Å²) in [6, 6.07) is 26.4. The van der Waals surface area contributed by atoms with Gasteiger partial charge in [0.25, 0.3) is 0 Å². The van der Waals surface area contributed by atoms with Gasteiger partial charge in [-0.15, -0.1) is 0 Å². The second-order valence-corrected chi connectivity index (χ2v) is 12.4. The van der Waals surface area contributed by atoms with E-state index in [9.17, 15) is 0 Å². The molecule has 0 radical (unpaired) electrons. The molecule has 3 aromatic rings. The highest BCUT2D eigenvalue weighted by molar-refractivity contribution is 7.97. The summed E-state index contributed by atoms with van der Waals surface area (Å²) >= 11 is 0. The number of ether oxygens (including phenoxy) is 1. The topological polar surface area (TPSA) is 9.23 Å². The molecule has 2 aliphatic rings. The third-order valence-corrected chi connectivity index (χ3v) is 9.66. The molecule has 2 fully saturated rings. The highest BCUT2D eigenvalue weighted by Crippen LogP contribution is 2.59. The molecule has 3 unspecified atom stereocenters. The average molecular weight is 448 g/mol. The molecule has 0 saturated heterocycles. The molecule has 3 atom stereocenters. The fraction of sp³-hybridized carbons (Fsp3) is 0.379. The number of hydrogen-bond donors (Lipinski definition) is 0. The Labute approximate surface area is 194 Å². The lowest BCUT2D eigenvalue weighted by Crippen LogP contribution is -2.52. The van der Waals surface area contributed by atoms with Crippen LogP contribution in [0.1, 0.15) is 46.5 Å².